The van der Waals surface area contributed by atoms with Crippen molar-refractivity contribution in [3.8, 4) is 48.6 Å². The van der Waals surface area contributed by atoms with E-state index < -0.39 is 67.8 Å². The molecule has 0 saturated carbocycles. The van der Waals surface area contributed by atoms with Crippen LogP contribution in [-0.2, 0) is 0 Å². The van der Waals surface area contributed by atoms with E-state index in [1.165, 1.54) is 0 Å². The molecule has 0 bridgehead atoms. The van der Waals surface area contributed by atoms with E-state index in [0.717, 1.165) is 24.3 Å². The normalized spacial score (nSPS) is 12.3. The van der Waals surface area contributed by atoms with Gasteiger partial charge in [0.05, 0.1) is 22.3 Å². The number of benzene rings is 3. The first-order chi connectivity index (χ1) is 22.2. The van der Waals surface area contributed by atoms with Gasteiger partial charge in [0.1, 0.15) is 59.7 Å². The number of fused-ring (bicyclic) bond motifs is 2. The summed E-state index contributed by atoms with van der Waals surface area (Å²) in [5.74, 6) is -5.24. The van der Waals surface area contributed by atoms with Crippen LogP contribution in [0.1, 0.15) is 44.5 Å². The lowest BCUT2D eigenvalue weighted by Crippen LogP contribution is -2.05. The van der Waals surface area contributed by atoms with Gasteiger partial charge in [0, 0.05) is 44.5 Å². The Labute approximate surface area is 256 Å². The molecule has 0 unspecified atom stereocenters. The van der Waals surface area contributed by atoms with Gasteiger partial charge in [-0.1, -0.05) is 12.1 Å². The van der Waals surface area contributed by atoms with Crippen molar-refractivity contribution in [3.05, 3.63) is 115 Å². The van der Waals surface area contributed by atoms with Crippen molar-refractivity contribution in [1.82, 2.24) is 0 Å². The second-order valence-corrected chi connectivity index (χ2v) is 9.40. The molecule has 0 amide bonds. The van der Waals surface area contributed by atoms with Gasteiger partial charge in [-0.05, 0) is 35.4 Å². The van der Waals surface area contributed by atoms with Gasteiger partial charge in [0.25, 0.3) is 0 Å². The molecule has 0 heterocycles. The van der Waals surface area contributed by atoms with Gasteiger partial charge >= 0.3 is 0 Å². The van der Waals surface area contributed by atoms with E-state index in [4.69, 9.17) is 0 Å². The van der Waals surface area contributed by atoms with E-state index in [-0.39, 0.29) is 44.5 Å². The summed E-state index contributed by atoms with van der Waals surface area (Å²) >= 11 is 0. The number of hydrogen-bond donors (Lipinski definition) is 0. The fourth-order valence-electron chi connectivity index (χ4n) is 5.60. The van der Waals surface area contributed by atoms with Crippen molar-refractivity contribution < 1.29 is 17.6 Å². The van der Waals surface area contributed by atoms with Crippen LogP contribution >= 0.6 is 0 Å². The number of nitrogens with zero attached hydrogens (tertiary/aromatic N) is 8. The van der Waals surface area contributed by atoms with Crippen LogP contribution in [0.15, 0.2) is 47.5 Å². The summed E-state index contributed by atoms with van der Waals surface area (Å²) < 4.78 is 56.7. The zero-order chi connectivity index (χ0) is 33.4. The highest BCUT2D eigenvalue weighted by Crippen LogP contribution is 2.58. The van der Waals surface area contributed by atoms with Crippen LogP contribution in [-0.4, -0.2) is 0 Å². The van der Waals surface area contributed by atoms with Crippen LogP contribution in [0, 0.1) is 114 Å². The van der Waals surface area contributed by atoms with E-state index in [1.54, 1.807) is 24.3 Å². The molecule has 0 aliphatic heterocycles. The van der Waals surface area contributed by atoms with E-state index in [9.17, 15) is 59.7 Å². The molecule has 0 radical (unpaired) electrons. The second-order valence-electron chi connectivity index (χ2n) is 9.40. The molecule has 2 aliphatic rings. The lowest BCUT2D eigenvalue weighted by molar-refractivity contribution is 0.508. The Morgan fingerprint density at radius 3 is 1.07 bits per heavy atom. The highest BCUT2D eigenvalue weighted by atomic mass is 19.2. The van der Waals surface area contributed by atoms with E-state index in [2.05, 4.69) is 0 Å². The van der Waals surface area contributed by atoms with Crippen LogP contribution in [0.2, 0.25) is 0 Å². The summed E-state index contributed by atoms with van der Waals surface area (Å²) in [6.45, 7) is 0. The van der Waals surface area contributed by atoms with Crippen molar-refractivity contribution in [2.75, 3.05) is 0 Å². The van der Waals surface area contributed by atoms with Crippen molar-refractivity contribution >= 4 is 33.4 Å². The monoisotopic (exact) mass is 602 g/mol. The number of allylic oxidation sites excluding steroid dienone is 8. The minimum absolute atomic E-state index is 0.207. The first-order valence-electron chi connectivity index (χ1n) is 12.5. The van der Waals surface area contributed by atoms with Crippen molar-refractivity contribution in [3.63, 3.8) is 0 Å². The summed E-state index contributed by atoms with van der Waals surface area (Å²) in [6.07, 6.45) is 0. The van der Waals surface area contributed by atoms with E-state index >= 15 is 0 Å². The highest BCUT2D eigenvalue weighted by molar-refractivity contribution is 6.32. The molecule has 3 aromatic rings. The number of hydrogen-bond acceptors (Lipinski definition) is 8. The van der Waals surface area contributed by atoms with Gasteiger partial charge in [-0.15, -0.1) is 0 Å². The van der Waals surface area contributed by atoms with E-state index in [1.807, 2.05) is 24.3 Å². The SMILES string of the molecule is N#CC(C#N)=C1C(c2ccc(F)c(F)c2)=C(C#N)c2c(C#N)c3c(c(C#N)c21)C(=C(C#N)C#N)C(c1ccc(F)c(F)c1)=C3C#N. The molecule has 8 nitrogen and oxygen atoms in total. The maximum absolute atomic E-state index is 14.4. The zero-order valence-electron chi connectivity index (χ0n) is 22.6. The van der Waals surface area contributed by atoms with Crippen LogP contribution in [0.5, 0.6) is 0 Å². The molecular weight excluding hydrogens is 596 g/mol. The van der Waals surface area contributed by atoms with Gasteiger partial charge in [-0.2, -0.15) is 42.1 Å². The zero-order valence-corrected chi connectivity index (χ0v) is 22.6. The largest absolute Gasteiger partial charge is 0.204 e. The quantitative estimate of drug-likeness (QED) is 0.235. The lowest BCUT2D eigenvalue weighted by atomic mass is 9.82. The topological polar surface area (TPSA) is 190 Å². The van der Waals surface area contributed by atoms with Gasteiger partial charge in [-0.3, -0.25) is 0 Å². The first kappa shape index (κ1) is 29.7. The third-order valence-corrected chi connectivity index (χ3v) is 7.31. The molecule has 12 heteroatoms. The predicted molar refractivity (Wildman–Crippen MR) is 150 cm³/mol. The standard InChI is InChI=1S/C34H6F4N8/c35-23-3-1-15(5-25(23)37)27-19(11-43)31-21(13-45)32-20(12-44)28(16-2-4-24(36)26(38)6-16)30(18(9-41)10-42)34(32)22(14-46)33(31)29(27)17(7-39)8-40/h1-6H. The van der Waals surface area contributed by atoms with E-state index in [0.29, 0.717) is 12.1 Å². The average molecular weight is 602 g/mol. The summed E-state index contributed by atoms with van der Waals surface area (Å²) in [5.41, 5.74) is -6.52. The van der Waals surface area contributed by atoms with Gasteiger partial charge in [-0.25, -0.2) is 17.6 Å². The Morgan fingerprint density at radius 2 is 0.783 bits per heavy atom. The summed E-state index contributed by atoms with van der Waals surface area (Å²) in [5, 5.41) is 81.5. The Bertz CT molecular complexity index is 2300. The van der Waals surface area contributed by atoms with Crippen molar-refractivity contribution in [2.45, 2.75) is 0 Å². The molecule has 5 rings (SSSR count). The molecule has 3 aromatic carbocycles. The average Bonchev–Trinajstić information content (AvgIpc) is 3.57. The van der Waals surface area contributed by atoms with Gasteiger partial charge < -0.3 is 0 Å². The maximum Gasteiger partial charge on any atom is 0.159 e. The predicted octanol–water partition coefficient (Wildman–Crippen LogP) is 6.48. The molecule has 0 aromatic heterocycles. The Morgan fingerprint density at radius 1 is 0.435 bits per heavy atom. The molecule has 210 valence electrons. The van der Waals surface area contributed by atoms with Crippen LogP contribution in [0.25, 0.3) is 33.4 Å². The fourth-order valence-corrected chi connectivity index (χ4v) is 5.60. The Hall–Kier alpha value is -7.74. The third kappa shape index (κ3) is 3.99. The van der Waals surface area contributed by atoms with Crippen molar-refractivity contribution in [2.24, 2.45) is 0 Å². The Balaban J connectivity index is 2.12. The van der Waals surface area contributed by atoms with Gasteiger partial charge in [0.15, 0.2) is 23.3 Å². The minimum atomic E-state index is -1.36. The fraction of sp³-hybridized carbons (Fsp3) is 0. The molecule has 0 fully saturated rings. The number of nitriles is 8. The Kier molecular flexibility index (Phi) is 7.21. The smallest absolute Gasteiger partial charge is 0.159 e. The van der Waals surface area contributed by atoms with Crippen LogP contribution in [0.4, 0.5) is 17.6 Å². The maximum atomic E-state index is 14.4. The van der Waals surface area contributed by atoms with Crippen LogP contribution < -0.4 is 0 Å². The molecule has 2 aliphatic carbocycles. The molecule has 0 saturated heterocycles. The number of rotatable bonds is 2. The first-order valence-corrected chi connectivity index (χ1v) is 12.5. The second kappa shape index (κ2) is 11.2. The lowest BCUT2D eigenvalue weighted by Gasteiger charge is -2.16. The molecular formula is C34H6F4N8. The molecule has 0 spiro atoms. The third-order valence-electron chi connectivity index (χ3n) is 7.31. The summed E-state index contributed by atoms with van der Waals surface area (Å²) in [7, 11) is 0. The van der Waals surface area contributed by atoms with Crippen molar-refractivity contribution in [1.29, 1.82) is 42.1 Å². The highest BCUT2D eigenvalue weighted by Gasteiger charge is 2.43. The molecule has 0 atom stereocenters. The minimum Gasteiger partial charge on any atom is -0.204 e. The van der Waals surface area contributed by atoms with Gasteiger partial charge in [0.2, 0.25) is 0 Å². The molecule has 0 N–H and O–H groups in total. The van der Waals surface area contributed by atoms with Crippen LogP contribution in [0.3, 0.4) is 0 Å². The summed E-state index contributed by atoms with van der Waals surface area (Å²) in [6, 6.07) is 18.9. The summed E-state index contributed by atoms with van der Waals surface area (Å²) in [4.78, 5) is 0. The molecule has 46 heavy (non-hydrogen) atoms. The number of halogens is 4.